The molecule has 0 aliphatic carbocycles. The minimum atomic E-state index is -1.83. The van der Waals surface area contributed by atoms with Gasteiger partial charge in [0.25, 0.3) is 0 Å². The van der Waals surface area contributed by atoms with Gasteiger partial charge in [-0.25, -0.2) is 0 Å². The Bertz CT molecular complexity index is 1310. The van der Waals surface area contributed by atoms with Crippen molar-refractivity contribution in [1.29, 1.82) is 0 Å². The van der Waals surface area contributed by atoms with Crippen molar-refractivity contribution in [3.05, 3.63) is 11.8 Å². The molecule has 0 bridgehead atoms. The number of aliphatic carboxylic acids is 3. The van der Waals surface area contributed by atoms with E-state index in [1.165, 1.54) is 13.8 Å². The van der Waals surface area contributed by atoms with Crippen LogP contribution in [0.3, 0.4) is 0 Å². The Balaban J connectivity index is -0.000000106. The predicted octanol–water partition coefficient (Wildman–Crippen LogP) is -24.2. The maximum atomic E-state index is 10.7. The second kappa shape index (κ2) is 45.0. The molecule has 0 aromatic rings. The molecule has 3 fully saturated rings. The van der Waals surface area contributed by atoms with Crippen molar-refractivity contribution in [2.45, 2.75) is 125 Å². The number of aliphatic hydroxyl groups is 12. The first kappa shape index (κ1) is 83.0. The molecule has 0 aromatic carbocycles. The summed E-state index contributed by atoms with van der Waals surface area (Å²) in [7, 11) is 0. The quantitative estimate of drug-likeness (QED) is 0.0855. The number of aliphatic hydroxyl groups excluding tert-OH is 12. The molecule has 0 aromatic heterocycles. The van der Waals surface area contributed by atoms with Crippen molar-refractivity contribution in [1.82, 2.24) is 10.6 Å². The van der Waals surface area contributed by atoms with Crippen LogP contribution in [0, 0.1) is 0 Å². The van der Waals surface area contributed by atoms with Gasteiger partial charge in [-0.05, 0) is 18.9 Å². The van der Waals surface area contributed by atoms with Gasteiger partial charge in [0.1, 0.15) is 55.0 Å². The van der Waals surface area contributed by atoms with Crippen LogP contribution in [0.5, 0.6) is 0 Å². The van der Waals surface area contributed by atoms with E-state index in [-0.39, 0.29) is 167 Å². The Kier molecular flexibility index (Phi) is 55.8. The summed E-state index contributed by atoms with van der Waals surface area (Å²) < 4.78 is 19.4. The summed E-state index contributed by atoms with van der Waals surface area (Å²) in [5.74, 6) is -5.26. The molecule has 4 aliphatic heterocycles. The number of carbonyl (C=O) groups excluding carboxylic acids is 5. The normalized spacial score (nSPS) is 27.9. The van der Waals surface area contributed by atoms with Gasteiger partial charge in [-0.3, -0.25) is 9.59 Å². The standard InChI is InChI=1S/2C8H15NO4.C6H12O6.C6H10O5.C6H8O5.3Na.4H2O/c2*1-5(11)9-6-2-7(12)8(3-10)13-4-6;7-2-5(10)3(8)1-4(9)6(11)12;2*7-3-1-5(6(9)10)11-2-4(3)8;;;;;;;/h2*6-8,10,12H,2-4H2,1H3,(H,9,11);3-5,7-10H,1-2H2,(H,11,12);3-5,7-8H,1-2H2,(H,9,10);1,3-4,7-8H,2H2,(H,9,10);;;;4*1H2/q;;;;;3*+1;;;;/p-3. The first-order valence-corrected chi connectivity index (χ1v) is 18.3. The van der Waals surface area contributed by atoms with Crippen molar-refractivity contribution in [3.8, 4) is 0 Å². The second-order valence-electron chi connectivity index (χ2n) is 13.6. The van der Waals surface area contributed by atoms with Gasteiger partial charge in [0.2, 0.25) is 11.8 Å². The smallest absolute Gasteiger partial charge is 0.547 e. The van der Waals surface area contributed by atoms with Crippen LogP contribution in [0.4, 0.5) is 0 Å². The largest absolute Gasteiger partial charge is 1.00 e. The third kappa shape index (κ3) is 35.8. The zero-order valence-corrected chi connectivity index (χ0v) is 43.7. The van der Waals surface area contributed by atoms with Crippen LogP contribution in [0.1, 0.15) is 39.5 Å². The number of nitrogens with one attached hydrogen (secondary N) is 2. The molecule has 382 valence electrons. The molecule has 30 nitrogen and oxygen atoms in total. The van der Waals surface area contributed by atoms with Crippen LogP contribution in [0.15, 0.2) is 11.8 Å². The van der Waals surface area contributed by atoms with Gasteiger partial charge in [-0.15, -0.1) is 0 Å². The summed E-state index contributed by atoms with van der Waals surface area (Å²) in [6.45, 7) is 2.10. The first-order valence-electron chi connectivity index (χ1n) is 18.3. The maximum absolute atomic E-state index is 10.7. The van der Waals surface area contributed by atoms with E-state index in [2.05, 4.69) is 20.1 Å². The van der Waals surface area contributed by atoms with E-state index in [9.17, 15) is 49.5 Å². The van der Waals surface area contributed by atoms with Crippen LogP contribution in [-0.2, 0) is 42.9 Å². The zero-order valence-electron chi connectivity index (χ0n) is 37.7. The summed E-state index contributed by atoms with van der Waals surface area (Å²) in [6, 6.07) is -0.286. The summed E-state index contributed by atoms with van der Waals surface area (Å²) in [5, 5.41) is 142. The fourth-order valence-electron chi connectivity index (χ4n) is 5.10. The van der Waals surface area contributed by atoms with Gasteiger partial charge in [0.05, 0.1) is 100 Å². The van der Waals surface area contributed by atoms with Gasteiger partial charge in [-0.1, -0.05) is 0 Å². The van der Waals surface area contributed by atoms with E-state index in [0.29, 0.717) is 26.1 Å². The van der Waals surface area contributed by atoms with Crippen LogP contribution in [-0.4, -0.2) is 244 Å². The second-order valence-corrected chi connectivity index (χ2v) is 13.6. The summed E-state index contributed by atoms with van der Waals surface area (Å²) in [4.78, 5) is 51.6. The number of carboxylic acids is 3. The third-order valence-electron chi connectivity index (χ3n) is 8.43. The maximum Gasteiger partial charge on any atom is 1.00 e. The number of amides is 2. The van der Waals surface area contributed by atoms with Gasteiger partial charge >= 0.3 is 88.7 Å². The molecule has 0 saturated carbocycles. The number of carboxylic acid groups (broad SMARTS) is 3. The van der Waals surface area contributed by atoms with E-state index in [1.54, 1.807) is 0 Å². The van der Waals surface area contributed by atoms with Crippen LogP contribution < -0.4 is 115 Å². The minimum absolute atomic E-state index is 0. The molecule has 33 heteroatoms. The first-order chi connectivity index (χ1) is 28.0. The molecular formula is C34H65N2Na3O28. The molecule has 14 atom stereocenters. The van der Waals surface area contributed by atoms with Crippen LogP contribution in [0.2, 0.25) is 0 Å². The molecule has 3 saturated heterocycles. The molecule has 4 aliphatic rings. The summed E-state index contributed by atoms with van der Waals surface area (Å²) >= 11 is 0. The predicted molar refractivity (Wildman–Crippen MR) is 202 cm³/mol. The zero-order chi connectivity index (χ0) is 46.3. The fourth-order valence-corrected chi connectivity index (χ4v) is 5.10. The van der Waals surface area contributed by atoms with Crippen molar-refractivity contribution < 1.29 is 230 Å². The molecule has 4 heterocycles. The van der Waals surface area contributed by atoms with E-state index >= 15 is 0 Å². The molecule has 4 rings (SSSR count). The van der Waals surface area contributed by atoms with Gasteiger partial charge in [0.15, 0.2) is 0 Å². The SMILES string of the molecule is CC(=O)NC1COC(CO)C(O)C1.CC(=O)NC1COC(CO)C(O)C1.O.O.O.O.O=C([O-])C(O)CC(O)C(O)CO.O=C([O-])C1=CC(O)C(O)CO1.O=C([O-])C1CC(O)C(O)CO1.[Na+].[Na+].[Na+]. The number of carbonyl (C=O) groups is 5. The van der Waals surface area contributed by atoms with Gasteiger partial charge in [-0.2, -0.15) is 0 Å². The third-order valence-corrected chi connectivity index (χ3v) is 8.43. The summed E-state index contributed by atoms with van der Waals surface area (Å²) in [6.07, 6.45) is -11.4. The van der Waals surface area contributed by atoms with E-state index < -0.39 is 110 Å². The average molecular weight is 1020 g/mol. The Morgan fingerprint density at radius 3 is 1.36 bits per heavy atom. The summed E-state index contributed by atoms with van der Waals surface area (Å²) in [5.41, 5.74) is 0. The Hall–Kier alpha value is -0.870. The monoisotopic (exact) mass is 1020 g/mol. The van der Waals surface area contributed by atoms with E-state index in [1.807, 2.05) is 0 Å². The van der Waals surface area contributed by atoms with Crippen molar-refractivity contribution in [2.24, 2.45) is 0 Å². The Morgan fingerprint density at radius 1 is 0.627 bits per heavy atom. The van der Waals surface area contributed by atoms with Crippen LogP contribution >= 0.6 is 0 Å². The molecular weight excluding hydrogens is 953 g/mol. The molecule has 2 amide bonds. The molecule has 22 N–H and O–H groups in total. The van der Waals surface area contributed by atoms with E-state index in [4.69, 9.17) is 60.5 Å². The number of ether oxygens (including phenoxy) is 4. The van der Waals surface area contributed by atoms with Gasteiger partial charge in [0, 0.05) is 26.7 Å². The molecule has 0 radical (unpaired) electrons. The number of rotatable bonds is 11. The van der Waals surface area contributed by atoms with Crippen molar-refractivity contribution in [2.75, 3.05) is 46.2 Å². The topological polar surface area (TPSA) is 584 Å². The van der Waals surface area contributed by atoms with Crippen molar-refractivity contribution >= 4 is 29.7 Å². The number of hydrogen-bond acceptors (Lipinski definition) is 24. The van der Waals surface area contributed by atoms with Gasteiger partial charge < -0.3 is 142 Å². The Morgan fingerprint density at radius 2 is 1.06 bits per heavy atom. The fraction of sp³-hybridized carbons (Fsp3) is 0.794. The number of hydrogen-bond donors (Lipinski definition) is 14. The van der Waals surface area contributed by atoms with E-state index in [0.717, 1.165) is 6.08 Å². The average Bonchev–Trinajstić information content (AvgIpc) is 3.17. The molecule has 0 spiro atoms. The van der Waals surface area contributed by atoms with Crippen molar-refractivity contribution in [3.63, 3.8) is 0 Å². The van der Waals surface area contributed by atoms with Crippen LogP contribution in [0.25, 0.3) is 0 Å². The molecule has 67 heavy (non-hydrogen) atoms. The Labute approximate surface area is 450 Å². The molecule has 14 unspecified atom stereocenters. The minimum Gasteiger partial charge on any atom is -0.547 e.